The van der Waals surface area contributed by atoms with Gasteiger partial charge in [0.25, 0.3) is 0 Å². The molecule has 3 heteroatoms. The second kappa shape index (κ2) is 8.34. The molecule has 0 aromatic heterocycles. The summed E-state index contributed by atoms with van der Waals surface area (Å²) in [5.74, 6) is 0.740. The van der Waals surface area contributed by atoms with Crippen LogP contribution in [0, 0.1) is 11.3 Å². The zero-order chi connectivity index (χ0) is 10.1. The molecule has 2 nitrogen and oxygen atoms in total. The molecule has 0 amide bonds. The fraction of sp³-hybridized carbons (Fsp3) is 0.900. The van der Waals surface area contributed by atoms with E-state index < -0.39 is 0 Å². The van der Waals surface area contributed by atoms with E-state index >= 15 is 0 Å². The molecule has 0 radical (unpaired) electrons. The van der Waals surface area contributed by atoms with Gasteiger partial charge in [-0.05, 0) is 33.2 Å². The number of unbranched alkanes of at least 4 members (excludes halogenated alkanes) is 1. The lowest BCUT2D eigenvalue weighted by molar-refractivity contribution is 0.223. The monoisotopic (exact) mass is 202 g/mol. The van der Waals surface area contributed by atoms with Gasteiger partial charge in [0.1, 0.15) is 0 Å². The van der Waals surface area contributed by atoms with Gasteiger partial charge in [0.2, 0.25) is 0 Å². The molecular weight excluding hydrogens is 184 g/mol. The smallest absolute Gasteiger partial charge is 0.0635 e. The number of hydrogen-bond donors (Lipinski definition) is 0. The summed E-state index contributed by atoms with van der Waals surface area (Å²) in [6.07, 6.45) is 2.82. The number of alkyl halides is 1. The Hall–Kier alpha value is -0.260. The van der Waals surface area contributed by atoms with Crippen molar-refractivity contribution in [2.45, 2.75) is 39.2 Å². The molecule has 0 aromatic rings. The van der Waals surface area contributed by atoms with Crippen molar-refractivity contribution in [3.8, 4) is 6.07 Å². The standard InChI is InChI=1S/C10H19ClN2/c1-10(2)13(9-5-7-12)8-4-3-6-11/h10H,3-6,8-9H2,1-2H3. The minimum Gasteiger partial charge on any atom is -0.300 e. The van der Waals surface area contributed by atoms with Gasteiger partial charge in [0, 0.05) is 24.9 Å². The van der Waals surface area contributed by atoms with Crippen LogP contribution in [0.25, 0.3) is 0 Å². The van der Waals surface area contributed by atoms with Crippen LogP contribution in [0.5, 0.6) is 0 Å². The van der Waals surface area contributed by atoms with Crippen molar-refractivity contribution in [3.63, 3.8) is 0 Å². The van der Waals surface area contributed by atoms with Crippen LogP contribution in [-0.2, 0) is 0 Å². The van der Waals surface area contributed by atoms with Crippen LogP contribution in [0.3, 0.4) is 0 Å². The molecule has 0 N–H and O–H groups in total. The molecule has 0 saturated carbocycles. The van der Waals surface area contributed by atoms with Gasteiger partial charge >= 0.3 is 0 Å². The van der Waals surface area contributed by atoms with Crippen LogP contribution in [0.4, 0.5) is 0 Å². The zero-order valence-electron chi connectivity index (χ0n) is 8.59. The first-order valence-corrected chi connectivity index (χ1v) is 5.42. The van der Waals surface area contributed by atoms with Crippen molar-refractivity contribution >= 4 is 11.6 Å². The maximum Gasteiger partial charge on any atom is 0.0635 e. The maximum absolute atomic E-state index is 8.47. The predicted octanol–water partition coefficient (Wildman–Crippen LogP) is 2.63. The molecule has 0 heterocycles. The largest absolute Gasteiger partial charge is 0.300 e. The topological polar surface area (TPSA) is 27.0 Å². The molecular formula is C10H19ClN2. The van der Waals surface area contributed by atoms with Crippen molar-refractivity contribution < 1.29 is 0 Å². The van der Waals surface area contributed by atoms with Crippen LogP contribution in [-0.4, -0.2) is 29.9 Å². The number of nitrogens with zero attached hydrogens (tertiary/aromatic N) is 2. The molecule has 76 valence electrons. The molecule has 0 fully saturated rings. The quantitative estimate of drug-likeness (QED) is 0.469. The number of halogens is 1. The summed E-state index contributed by atoms with van der Waals surface area (Å²) >= 11 is 5.60. The molecule has 0 saturated heterocycles. The van der Waals surface area contributed by atoms with Crippen LogP contribution in [0.15, 0.2) is 0 Å². The lowest BCUT2D eigenvalue weighted by atomic mass is 10.2. The molecule has 0 bridgehead atoms. The van der Waals surface area contributed by atoms with E-state index in [4.69, 9.17) is 16.9 Å². The fourth-order valence-electron chi connectivity index (χ4n) is 1.23. The normalized spacial score (nSPS) is 10.8. The van der Waals surface area contributed by atoms with E-state index in [9.17, 15) is 0 Å². The summed E-state index contributed by atoms with van der Waals surface area (Å²) in [5.41, 5.74) is 0. The van der Waals surface area contributed by atoms with Crippen LogP contribution in [0.1, 0.15) is 33.1 Å². The fourth-order valence-corrected chi connectivity index (χ4v) is 1.42. The average Bonchev–Trinajstić information content (AvgIpc) is 2.10. The van der Waals surface area contributed by atoms with Gasteiger partial charge in [0.15, 0.2) is 0 Å². The predicted molar refractivity (Wildman–Crippen MR) is 56.9 cm³/mol. The molecule has 0 aliphatic heterocycles. The van der Waals surface area contributed by atoms with Crippen molar-refractivity contribution in [2.75, 3.05) is 19.0 Å². The van der Waals surface area contributed by atoms with Crippen molar-refractivity contribution in [2.24, 2.45) is 0 Å². The first kappa shape index (κ1) is 12.7. The highest BCUT2D eigenvalue weighted by molar-refractivity contribution is 6.17. The Morgan fingerprint density at radius 1 is 1.31 bits per heavy atom. The Morgan fingerprint density at radius 2 is 2.00 bits per heavy atom. The minimum absolute atomic E-state index is 0.531. The molecule has 0 rings (SSSR count). The summed E-state index contributed by atoms with van der Waals surface area (Å²) < 4.78 is 0. The SMILES string of the molecule is CC(C)N(CCC#N)CCCCCl. The summed E-state index contributed by atoms with van der Waals surface area (Å²) in [5, 5.41) is 8.47. The van der Waals surface area contributed by atoms with E-state index in [0.29, 0.717) is 12.5 Å². The third-order valence-electron chi connectivity index (χ3n) is 2.07. The second-order valence-electron chi connectivity index (χ2n) is 3.43. The Kier molecular flexibility index (Phi) is 8.18. The minimum atomic E-state index is 0.531. The Bertz CT molecular complexity index is 151. The van der Waals surface area contributed by atoms with Crippen LogP contribution < -0.4 is 0 Å². The van der Waals surface area contributed by atoms with E-state index in [1.165, 1.54) is 0 Å². The van der Waals surface area contributed by atoms with Crippen LogP contribution in [0.2, 0.25) is 0 Å². The lowest BCUT2D eigenvalue weighted by Crippen LogP contribution is -2.32. The van der Waals surface area contributed by atoms with Gasteiger partial charge in [-0.2, -0.15) is 5.26 Å². The van der Waals surface area contributed by atoms with Gasteiger partial charge in [-0.1, -0.05) is 0 Å². The number of nitriles is 1. The third kappa shape index (κ3) is 6.86. The van der Waals surface area contributed by atoms with Gasteiger partial charge < -0.3 is 0 Å². The van der Waals surface area contributed by atoms with Crippen molar-refractivity contribution in [1.82, 2.24) is 4.90 Å². The highest BCUT2D eigenvalue weighted by Crippen LogP contribution is 2.03. The summed E-state index contributed by atoms with van der Waals surface area (Å²) in [4.78, 5) is 2.33. The van der Waals surface area contributed by atoms with Crippen LogP contribution >= 0.6 is 11.6 Å². The highest BCUT2D eigenvalue weighted by atomic mass is 35.5. The van der Waals surface area contributed by atoms with E-state index in [0.717, 1.165) is 31.8 Å². The van der Waals surface area contributed by atoms with E-state index in [2.05, 4.69) is 24.8 Å². The molecule has 0 unspecified atom stereocenters. The number of hydrogen-bond acceptors (Lipinski definition) is 2. The van der Waals surface area contributed by atoms with Gasteiger partial charge in [0.05, 0.1) is 6.07 Å². The van der Waals surface area contributed by atoms with Crippen molar-refractivity contribution in [3.05, 3.63) is 0 Å². The molecule has 0 aliphatic rings. The molecule has 13 heavy (non-hydrogen) atoms. The van der Waals surface area contributed by atoms with E-state index in [-0.39, 0.29) is 0 Å². The highest BCUT2D eigenvalue weighted by Gasteiger charge is 2.07. The molecule has 0 aliphatic carbocycles. The first-order valence-electron chi connectivity index (χ1n) is 4.89. The zero-order valence-corrected chi connectivity index (χ0v) is 9.35. The van der Waals surface area contributed by atoms with Gasteiger partial charge in [-0.15, -0.1) is 11.6 Å². The van der Waals surface area contributed by atoms with E-state index in [1.807, 2.05) is 0 Å². The second-order valence-corrected chi connectivity index (χ2v) is 3.81. The Labute approximate surface area is 86.5 Å². The number of rotatable bonds is 7. The summed E-state index contributed by atoms with van der Waals surface area (Å²) in [6.45, 7) is 6.28. The van der Waals surface area contributed by atoms with Gasteiger partial charge in [-0.3, -0.25) is 4.90 Å². The lowest BCUT2D eigenvalue weighted by Gasteiger charge is -2.25. The first-order chi connectivity index (χ1) is 6.22. The average molecular weight is 203 g/mol. The Balaban J connectivity index is 3.62. The molecule has 0 aromatic carbocycles. The van der Waals surface area contributed by atoms with E-state index in [1.54, 1.807) is 0 Å². The third-order valence-corrected chi connectivity index (χ3v) is 2.34. The Morgan fingerprint density at radius 3 is 2.46 bits per heavy atom. The molecule has 0 atom stereocenters. The maximum atomic E-state index is 8.47. The van der Waals surface area contributed by atoms with Gasteiger partial charge in [-0.25, -0.2) is 0 Å². The summed E-state index contributed by atoms with van der Waals surface area (Å²) in [6, 6.07) is 2.71. The molecule has 0 spiro atoms. The van der Waals surface area contributed by atoms with Crippen molar-refractivity contribution in [1.29, 1.82) is 5.26 Å². The summed E-state index contributed by atoms with van der Waals surface area (Å²) in [7, 11) is 0.